The monoisotopic (exact) mass is 874 g/mol. The molecule has 336 valence electrons. The van der Waals surface area contributed by atoms with Gasteiger partial charge in [-0.05, 0) is 108 Å². The molecule has 0 radical (unpaired) electrons. The summed E-state index contributed by atoms with van der Waals surface area (Å²) in [6.07, 6.45) is 0.609. The Morgan fingerprint density at radius 2 is 0.609 bits per heavy atom. The van der Waals surface area contributed by atoms with E-state index in [9.17, 15) is 49.5 Å². The maximum atomic E-state index is 14.5. The van der Waals surface area contributed by atoms with E-state index >= 15 is 0 Å². The highest BCUT2D eigenvalue weighted by molar-refractivity contribution is 5.96. The summed E-state index contributed by atoms with van der Waals surface area (Å²) in [6, 6.07) is 24.3. The molecule has 64 heavy (non-hydrogen) atoms. The summed E-state index contributed by atoms with van der Waals surface area (Å²) >= 11 is 0. The van der Waals surface area contributed by atoms with Crippen LogP contribution in [0.4, 0.5) is 0 Å². The molecule has 12 N–H and O–H groups in total. The number of nitrogens with one attached hydrogen (secondary N) is 5. The highest BCUT2D eigenvalue weighted by Gasteiger charge is 2.33. The molecule has 5 aromatic rings. The minimum Gasteiger partial charge on any atom is -0.508 e. The van der Waals surface area contributed by atoms with Crippen LogP contribution in [0.5, 0.6) is 28.7 Å². The number of phenolic OH excluding ortho intramolecular Hbond substituents is 5. The summed E-state index contributed by atoms with van der Waals surface area (Å²) in [5.74, 6) is -3.72. The highest BCUT2D eigenvalue weighted by atomic mass is 16.3. The second-order valence-electron chi connectivity index (χ2n) is 15.5. The van der Waals surface area contributed by atoms with Crippen LogP contribution < -0.4 is 32.3 Å². The van der Waals surface area contributed by atoms with Crippen molar-refractivity contribution in [2.24, 2.45) is 5.73 Å². The molecule has 5 amide bonds. The topological polar surface area (TPSA) is 273 Å². The summed E-state index contributed by atoms with van der Waals surface area (Å²) < 4.78 is 0. The SMILES string of the molecule is CCCN[C@@H](Cc1ccc(O)cc1)C(=O)N[C@@H](Cc1ccc(O)cc1)C(=O)N[C@@H](Cc1ccc(O)cc1)C(=O)N[C@@H](Cc1ccc(O)cc1)C(=O)N[C@@H](Cc1ccc(O)cc1)C(N)=O. The zero-order chi connectivity index (χ0) is 46.2. The molecular formula is C48H54N6O10. The van der Waals surface area contributed by atoms with Gasteiger partial charge in [0.1, 0.15) is 52.9 Å². The van der Waals surface area contributed by atoms with Crippen molar-refractivity contribution in [2.45, 2.75) is 75.7 Å². The standard InChI is InChI=1S/C48H54N6O10/c1-2-23-50-40(25-30-5-15-35(56)16-6-30)45(61)52-42(27-32-9-19-37(58)20-10-32)47(63)54-43(28-33-11-21-38(59)22-12-33)48(64)53-41(26-31-7-17-36(57)18-8-31)46(62)51-39(44(49)60)24-29-3-13-34(55)14-4-29/h3-22,39-43,50,55-59H,2,23-28H2,1H3,(H2,49,60)(H,51,62)(H,52,61)(H,53,64)(H,54,63)/t39-,40-,41-,42-,43-/m0/s1. The molecule has 0 unspecified atom stereocenters. The van der Waals surface area contributed by atoms with Crippen molar-refractivity contribution in [1.29, 1.82) is 0 Å². The maximum Gasteiger partial charge on any atom is 0.243 e. The molecule has 5 aromatic carbocycles. The van der Waals surface area contributed by atoms with Gasteiger partial charge >= 0.3 is 0 Å². The molecule has 0 aromatic heterocycles. The first-order chi connectivity index (χ1) is 30.6. The van der Waals surface area contributed by atoms with Crippen molar-refractivity contribution in [3.8, 4) is 28.7 Å². The van der Waals surface area contributed by atoms with Gasteiger partial charge in [0.25, 0.3) is 0 Å². The number of hydrogen-bond donors (Lipinski definition) is 11. The minimum atomic E-state index is -1.37. The predicted molar refractivity (Wildman–Crippen MR) is 238 cm³/mol. The van der Waals surface area contributed by atoms with E-state index in [-0.39, 0.29) is 60.9 Å². The van der Waals surface area contributed by atoms with Gasteiger partial charge in [-0.1, -0.05) is 67.6 Å². The summed E-state index contributed by atoms with van der Waals surface area (Å²) in [4.78, 5) is 69.7. The first kappa shape index (κ1) is 47.5. The lowest BCUT2D eigenvalue weighted by atomic mass is 9.99. The molecule has 5 atom stereocenters. The van der Waals surface area contributed by atoms with Crippen molar-refractivity contribution in [1.82, 2.24) is 26.6 Å². The fraction of sp³-hybridized carbons (Fsp3) is 0.271. The lowest BCUT2D eigenvalue weighted by Gasteiger charge is -2.27. The number of primary amides is 1. The Hall–Kier alpha value is -7.59. The highest BCUT2D eigenvalue weighted by Crippen LogP contribution is 2.17. The van der Waals surface area contributed by atoms with E-state index in [4.69, 9.17) is 5.73 Å². The van der Waals surface area contributed by atoms with Gasteiger partial charge in [0.2, 0.25) is 29.5 Å². The van der Waals surface area contributed by atoms with Crippen molar-refractivity contribution in [3.63, 3.8) is 0 Å². The van der Waals surface area contributed by atoms with E-state index in [2.05, 4.69) is 26.6 Å². The zero-order valence-corrected chi connectivity index (χ0v) is 35.2. The molecule has 0 saturated carbocycles. The number of phenols is 5. The number of carbonyl (C=O) groups is 5. The molecule has 0 spiro atoms. The number of rotatable bonds is 22. The Morgan fingerprint density at radius 3 is 0.859 bits per heavy atom. The molecule has 0 aliphatic heterocycles. The molecule has 0 saturated heterocycles. The van der Waals surface area contributed by atoms with Gasteiger partial charge in [-0.15, -0.1) is 0 Å². The first-order valence-corrected chi connectivity index (χ1v) is 20.8. The van der Waals surface area contributed by atoms with E-state index < -0.39 is 59.7 Å². The van der Waals surface area contributed by atoms with Crippen LogP contribution in [0.15, 0.2) is 121 Å². The van der Waals surface area contributed by atoms with E-state index in [1.54, 1.807) is 60.7 Å². The number of nitrogens with two attached hydrogens (primary N) is 1. The molecule has 16 nitrogen and oxygen atoms in total. The van der Waals surface area contributed by atoms with Crippen LogP contribution in [-0.4, -0.2) is 91.8 Å². The third-order valence-corrected chi connectivity index (χ3v) is 10.4. The lowest BCUT2D eigenvalue weighted by molar-refractivity contribution is -0.134. The van der Waals surface area contributed by atoms with Gasteiger partial charge in [0.15, 0.2) is 0 Å². The molecule has 0 aliphatic carbocycles. The number of hydrogen-bond acceptors (Lipinski definition) is 11. The third kappa shape index (κ3) is 14.8. The fourth-order valence-corrected chi connectivity index (χ4v) is 6.85. The molecule has 16 heteroatoms. The van der Waals surface area contributed by atoms with Crippen LogP contribution in [0, 0.1) is 0 Å². The summed E-state index contributed by atoms with van der Waals surface area (Å²) in [5.41, 5.74) is 8.67. The fourth-order valence-electron chi connectivity index (χ4n) is 6.85. The van der Waals surface area contributed by atoms with Crippen LogP contribution in [0.3, 0.4) is 0 Å². The molecule has 0 aliphatic rings. The smallest absolute Gasteiger partial charge is 0.243 e. The minimum absolute atomic E-state index is 0.00174. The summed E-state index contributed by atoms with van der Waals surface area (Å²) in [6.45, 7) is 2.42. The summed E-state index contributed by atoms with van der Waals surface area (Å²) in [5, 5.41) is 63.6. The second kappa shape index (κ2) is 23.0. The van der Waals surface area contributed by atoms with E-state index in [1.807, 2.05) is 6.92 Å². The van der Waals surface area contributed by atoms with Crippen molar-refractivity contribution < 1.29 is 49.5 Å². The largest absolute Gasteiger partial charge is 0.508 e. The Morgan fingerprint density at radius 1 is 0.391 bits per heavy atom. The van der Waals surface area contributed by atoms with Crippen molar-refractivity contribution in [2.75, 3.05) is 6.54 Å². The van der Waals surface area contributed by atoms with E-state index in [1.165, 1.54) is 60.7 Å². The normalized spacial score (nSPS) is 13.3. The Bertz CT molecular complexity index is 2320. The maximum absolute atomic E-state index is 14.5. The molecule has 0 bridgehead atoms. The Labute approximate surface area is 370 Å². The van der Waals surface area contributed by atoms with E-state index in [0.29, 0.717) is 35.2 Å². The molecule has 0 heterocycles. The molecule has 5 rings (SSSR count). The van der Waals surface area contributed by atoms with Gasteiger partial charge in [-0.25, -0.2) is 0 Å². The summed E-state index contributed by atoms with van der Waals surface area (Å²) in [7, 11) is 0. The van der Waals surface area contributed by atoms with Gasteiger partial charge in [-0.2, -0.15) is 0 Å². The average molecular weight is 875 g/mol. The average Bonchev–Trinajstić information content (AvgIpc) is 3.27. The van der Waals surface area contributed by atoms with Gasteiger partial charge < -0.3 is 57.9 Å². The number of aromatic hydroxyl groups is 5. The van der Waals surface area contributed by atoms with Crippen molar-refractivity contribution >= 4 is 29.5 Å². The van der Waals surface area contributed by atoms with Crippen molar-refractivity contribution in [3.05, 3.63) is 149 Å². The zero-order valence-electron chi connectivity index (χ0n) is 35.2. The third-order valence-electron chi connectivity index (χ3n) is 10.4. The van der Waals surface area contributed by atoms with Gasteiger partial charge in [-0.3, -0.25) is 24.0 Å². The number of amides is 5. The van der Waals surface area contributed by atoms with Crippen LogP contribution >= 0.6 is 0 Å². The number of carbonyl (C=O) groups excluding carboxylic acids is 5. The van der Waals surface area contributed by atoms with Crippen LogP contribution in [0.2, 0.25) is 0 Å². The molecule has 0 fully saturated rings. The Balaban J connectivity index is 1.44. The van der Waals surface area contributed by atoms with Crippen LogP contribution in [-0.2, 0) is 56.1 Å². The lowest BCUT2D eigenvalue weighted by Crippen LogP contribution is -2.60. The van der Waals surface area contributed by atoms with Crippen LogP contribution in [0.1, 0.15) is 41.2 Å². The molecular weight excluding hydrogens is 821 g/mol. The van der Waals surface area contributed by atoms with Gasteiger partial charge in [0.05, 0.1) is 6.04 Å². The predicted octanol–water partition coefficient (Wildman–Crippen LogP) is 2.52. The Kier molecular flexibility index (Phi) is 17.1. The number of benzene rings is 5. The first-order valence-electron chi connectivity index (χ1n) is 20.8. The van der Waals surface area contributed by atoms with Gasteiger partial charge in [0, 0.05) is 25.7 Å². The second-order valence-corrected chi connectivity index (χ2v) is 15.5. The quantitative estimate of drug-likeness (QED) is 0.0481. The van der Waals surface area contributed by atoms with E-state index in [0.717, 1.165) is 5.56 Å². The van der Waals surface area contributed by atoms with Crippen LogP contribution in [0.25, 0.3) is 0 Å².